The molecule has 1 aromatic carbocycles. The Balaban J connectivity index is 1.61. The van der Waals surface area contributed by atoms with E-state index < -0.39 is 0 Å². The third-order valence-electron chi connectivity index (χ3n) is 5.30. The summed E-state index contributed by atoms with van der Waals surface area (Å²) in [6, 6.07) is 9.47. The van der Waals surface area contributed by atoms with Crippen LogP contribution in [0.1, 0.15) is 43.0 Å². The number of carbonyl (C=O) groups is 2. The number of nitrogens with zero attached hydrogens (tertiary/aromatic N) is 2. The lowest BCUT2D eigenvalue weighted by atomic mass is 9.71. The van der Waals surface area contributed by atoms with Gasteiger partial charge in [0.05, 0.1) is 0 Å². The van der Waals surface area contributed by atoms with Crippen molar-refractivity contribution in [3.63, 3.8) is 0 Å². The Kier molecular flexibility index (Phi) is 4.19. The molecular weight excluding hydrogens is 276 g/mol. The van der Waals surface area contributed by atoms with E-state index in [0.717, 1.165) is 51.0 Å². The summed E-state index contributed by atoms with van der Waals surface area (Å²) in [6.07, 6.45) is 3.65. The van der Waals surface area contributed by atoms with Crippen LogP contribution in [-0.4, -0.2) is 47.8 Å². The third-order valence-corrected chi connectivity index (χ3v) is 5.30. The molecule has 2 heterocycles. The van der Waals surface area contributed by atoms with Crippen LogP contribution in [0, 0.1) is 5.41 Å². The highest BCUT2D eigenvalue weighted by atomic mass is 16.2. The van der Waals surface area contributed by atoms with E-state index in [1.807, 2.05) is 47.1 Å². The van der Waals surface area contributed by atoms with Gasteiger partial charge in [-0.05, 0) is 43.7 Å². The standard InChI is InChI=1S/C18H24N2O2/c1-2-19-11-8-18(14-16(19)21)9-12-20(13-10-18)17(22)15-6-4-3-5-7-15/h3-7H,2,8-14H2,1H3. The average Bonchev–Trinajstić information content (AvgIpc) is 2.56. The van der Waals surface area contributed by atoms with Crippen molar-refractivity contribution in [1.29, 1.82) is 0 Å². The SMILES string of the molecule is CCN1CCC2(CCN(C(=O)c3ccccc3)CC2)CC1=O. The van der Waals surface area contributed by atoms with E-state index in [0.29, 0.717) is 6.42 Å². The van der Waals surface area contributed by atoms with Gasteiger partial charge < -0.3 is 9.80 Å². The second-order valence-electron chi connectivity index (χ2n) is 6.56. The van der Waals surface area contributed by atoms with Crippen molar-refractivity contribution in [1.82, 2.24) is 9.80 Å². The van der Waals surface area contributed by atoms with E-state index in [4.69, 9.17) is 0 Å². The van der Waals surface area contributed by atoms with Crippen LogP contribution in [-0.2, 0) is 4.79 Å². The molecule has 2 aliphatic heterocycles. The van der Waals surface area contributed by atoms with Crippen LogP contribution in [0.4, 0.5) is 0 Å². The first-order chi connectivity index (χ1) is 10.6. The second-order valence-corrected chi connectivity index (χ2v) is 6.56. The van der Waals surface area contributed by atoms with Crippen molar-refractivity contribution < 1.29 is 9.59 Å². The zero-order valence-electron chi connectivity index (χ0n) is 13.3. The molecule has 0 radical (unpaired) electrons. The fourth-order valence-corrected chi connectivity index (χ4v) is 3.73. The number of likely N-dealkylation sites (tertiary alicyclic amines) is 2. The van der Waals surface area contributed by atoms with E-state index in [1.54, 1.807) is 0 Å². The van der Waals surface area contributed by atoms with Crippen LogP contribution < -0.4 is 0 Å². The van der Waals surface area contributed by atoms with Crippen LogP contribution in [0.25, 0.3) is 0 Å². The van der Waals surface area contributed by atoms with E-state index in [2.05, 4.69) is 0 Å². The summed E-state index contributed by atoms with van der Waals surface area (Å²) in [4.78, 5) is 28.6. The van der Waals surface area contributed by atoms with Crippen molar-refractivity contribution in [2.75, 3.05) is 26.2 Å². The van der Waals surface area contributed by atoms with Gasteiger partial charge in [0, 0.05) is 38.2 Å². The molecule has 0 unspecified atom stereocenters. The van der Waals surface area contributed by atoms with Gasteiger partial charge in [0.2, 0.25) is 5.91 Å². The highest BCUT2D eigenvalue weighted by Gasteiger charge is 2.41. The predicted molar refractivity (Wildman–Crippen MR) is 85.5 cm³/mol. The normalized spacial score (nSPS) is 21.2. The topological polar surface area (TPSA) is 40.6 Å². The molecule has 4 heteroatoms. The summed E-state index contributed by atoms with van der Waals surface area (Å²) in [7, 11) is 0. The van der Waals surface area contributed by atoms with Gasteiger partial charge in [-0.3, -0.25) is 9.59 Å². The largest absolute Gasteiger partial charge is 0.343 e. The van der Waals surface area contributed by atoms with E-state index in [9.17, 15) is 9.59 Å². The van der Waals surface area contributed by atoms with Crippen molar-refractivity contribution in [2.24, 2.45) is 5.41 Å². The molecule has 2 aliphatic rings. The first kappa shape index (κ1) is 15.1. The molecule has 1 aromatic rings. The van der Waals surface area contributed by atoms with Crippen LogP contribution in [0.5, 0.6) is 0 Å². The molecule has 22 heavy (non-hydrogen) atoms. The molecule has 0 bridgehead atoms. The Morgan fingerprint density at radius 1 is 1.09 bits per heavy atom. The summed E-state index contributed by atoms with van der Waals surface area (Å²) in [5.41, 5.74) is 0.895. The van der Waals surface area contributed by atoms with Crippen molar-refractivity contribution >= 4 is 11.8 Å². The monoisotopic (exact) mass is 300 g/mol. The van der Waals surface area contributed by atoms with Gasteiger partial charge in [-0.2, -0.15) is 0 Å². The molecular formula is C18H24N2O2. The summed E-state index contributed by atoms with van der Waals surface area (Å²) in [5, 5.41) is 0. The maximum absolute atomic E-state index is 12.5. The lowest BCUT2D eigenvalue weighted by molar-refractivity contribution is -0.139. The Morgan fingerprint density at radius 2 is 1.73 bits per heavy atom. The summed E-state index contributed by atoms with van der Waals surface area (Å²) in [6.45, 7) is 5.27. The van der Waals surface area contributed by atoms with Gasteiger partial charge >= 0.3 is 0 Å². The molecule has 118 valence electrons. The number of rotatable bonds is 2. The Hall–Kier alpha value is -1.84. The summed E-state index contributed by atoms with van der Waals surface area (Å²) < 4.78 is 0. The van der Waals surface area contributed by atoms with Crippen molar-refractivity contribution in [2.45, 2.75) is 32.6 Å². The van der Waals surface area contributed by atoms with Gasteiger partial charge in [-0.1, -0.05) is 18.2 Å². The third kappa shape index (κ3) is 2.87. The number of hydrogen-bond donors (Lipinski definition) is 0. The van der Waals surface area contributed by atoms with Gasteiger partial charge in [0.1, 0.15) is 0 Å². The predicted octanol–water partition coefficient (Wildman–Crippen LogP) is 2.55. The zero-order valence-corrected chi connectivity index (χ0v) is 13.3. The van der Waals surface area contributed by atoms with Crippen LogP contribution in [0.2, 0.25) is 0 Å². The molecule has 0 N–H and O–H groups in total. The minimum absolute atomic E-state index is 0.118. The Bertz CT molecular complexity index is 547. The number of benzene rings is 1. The Labute approximate surface area is 132 Å². The summed E-state index contributed by atoms with van der Waals surface area (Å²) >= 11 is 0. The smallest absolute Gasteiger partial charge is 0.253 e. The Morgan fingerprint density at radius 3 is 2.32 bits per heavy atom. The lowest BCUT2D eigenvalue weighted by Crippen LogP contribution is -2.50. The van der Waals surface area contributed by atoms with Gasteiger partial charge in [-0.25, -0.2) is 0 Å². The molecule has 0 aliphatic carbocycles. The molecule has 3 rings (SSSR count). The number of carbonyl (C=O) groups excluding carboxylic acids is 2. The van der Waals surface area contributed by atoms with Crippen LogP contribution >= 0.6 is 0 Å². The highest BCUT2D eigenvalue weighted by Crippen LogP contribution is 2.41. The van der Waals surface area contributed by atoms with E-state index in [-0.39, 0.29) is 17.2 Å². The maximum atomic E-state index is 12.5. The minimum atomic E-state index is 0.118. The number of amides is 2. The summed E-state index contributed by atoms with van der Waals surface area (Å²) in [5.74, 6) is 0.407. The van der Waals surface area contributed by atoms with Crippen LogP contribution in [0.3, 0.4) is 0 Å². The number of piperidine rings is 2. The quantitative estimate of drug-likeness (QED) is 0.842. The van der Waals surface area contributed by atoms with Gasteiger partial charge in [-0.15, -0.1) is 0 Å². The molecule has 4 nitrogen and oxygen atoms in total. The minimum Gasteiger partial charge on any atom is -0.343 e. The second kappa shape index (κ2) is 6.11. The van der Waals surface area contributed by atoms with Crippen molar-refractivity contribution in [3.05, 3.63) is 35.9 Å². The highest BCUT2D eigenvalue weighted by molar-refractivity contribution is 5.94. The van der Waals surface area contributed by atoms with E-state index in [1.165, 1.54) is 0 Å². The first-order valence-corrected chi connectivity index (χ1v) is 8.26. The van der Waals surface area contributed by atoms with E-state index >= 15 is 0 Å². The average molecular weight is 300 g/mol. The fraction of sp³-hybridized carbons (Fsp3) is 0.556. The van der Waals surface area contributed by atoms with Gasteiger partial charge in [0.25, 0.3) is 5.91 Å². The fourth-order valence-electron chi connectivity index (χ4n) is 3.73. The lowest BCUT2D eigenvalue weighted by Gasteiger charge is -2.46. The molecule has 1 spiro atoms. The molecule has 0 saturated carbocycles. The first-order valence-electron chi connectivity index (χ1n) is 8.26. The van der Waals surface area contributed by atoms with Crippen LogP contribution in [0.15, 0.2) is 30.3 Å². The molecule has 2 fully saturated rings. The molecule has 0 atom stereocenters. The molecule has 2 saturated heterocycles. The zero-order chi connectivity index (χ0) is 15.6. The van der Waals surface area contributed by atoms with Gasteiger partial charge in [0.15, 0.2) is 0 Å². The molecule has 0 aromatic heterocycles. The molecule has 2 amide bonds. The van der Waals surface area contributed by atoms with Crippen molar-refractivity contribution in [3.8, 4) is 0 Å². The number of hydrogen-bond acceptors (Lipinski definition) is 2. The maximum Gasteiger partial charge on any atom is 0.253 e.